The molecule has 1 aromatic rings. The van der Waals surface area contributed by atoms with Gasteiger partial charge in [0.05, 0.1) is 5.69 Å². The normalized spacial score (nSPS) is 9.47. The lowest BCUT2D eigenvalue weighted by Crippen LogP contribution is -2.08. The van der Waals surface area contributed by atoms with Crippen LogP contribution in [0.4, 0.5) is 5.69 Å². The molecule has 1 aromatic carbocycles. The number of benzene rings is 1. The number of hydrogen-bond donors (Lipinski definition) is 1. The van der Waals surface area contributed by atoms with Gasteiger partial charge in [-0.2, -0.15) is 0 Å². The van der Waals surface area contributed by atoms with Crippen LogP contribution in [-0.2, 0) is 4.79 Å². The van der Waals surface area contributed by atoms with Gasteiger partial charge in [0, 0.05) is 12.5 Å². The molecule has 0 saturated carbocycles. The summed E-state index contributed by atoms with van der Waals surface area (Å²) in [6.45, 7) is 6.96. The zero-order valence-corrected chi connectivity index (χ0v) is 8.83. The number of aryl methyl sites for hydroxylation is 1. The molecule has 1 rings (SSSR count). The van der Waals surface area contributed by atoms with Gasteiger partial charge in [0.1, 0.15) is 0 Å². The first-order valence-corrected chi connectivity index (χ1v) is 4.58. The summed E-state index contributed by atoms with van der Waals surface area (Å²) in [5, 5.41) is 2.61. The Morgan fingerprint density at radius 1 is 1.40 bits per heavy atom. The van der Waals surface area contributed by atoms with Crippen LogP contribution >= 0.6 is 0 Å². The molecular formula is C12H13NO2. The molecule has 0 heterocycles. The number of hydrogen-bond acceptors (Lipinski definition) is 2. The zero-order chi connectivity index (χ0) is 11.4. The Hall–Kier alpha value is -1.90. The maximum absolute atomic E-state index is 10.9. The highest BCUT2D eigenvalue weighted by Crippen LogP contribution is 2.20. The van der Waals surface area contributed by atoms with Gasteiger partial charge in [0.2, 0.25) is 5.91 Å². The lowest BCUT2D eigenvalue weighted by molar-refractivity contribution is -0.114. The average Bonchev–Trinajstić information content (AvgIpc) is 2.17. The topological polar surface area (TPSA) is 46.2 Å². The lowest BCUT2D eigenvalue weighted by Gasteiger charge is -2.09. The number of nitrogens with one attached hydrogen (secondary N) is 1. The summed E-state index contributed by atoms with van der Waals surface area (Å²) in [6.07, 6.45) is 2.40. The molecule has 0 bridgehead atoms. The summed E-state index contributed by atoms with van der Waals surface area (Å²) < 4.78 is 0. The molecule has 78 valence electrons. The van der Waals surface area contributed by atoms with Crippen LogP contribution in [0.5, 0.6) is 0 Å². The van der Waals surface area contributed by atoms with E-state index in [9.17, 15) is 9.59 Å². The molecule has 0 aromatic heterocycles. The molecular weight excluding hydrogens is 190 g/mol. The number of carbonyl (C=O) groups excluding carboxylic acids is 2. The third kappa shape index (κ3) is 2.53. The van der Waals surface area contributed by atoms with E-state index in [1.807, 2.05) is 6.92 Å². The number of amides is 1. The fourth-order valence-corrected chi connectivity index (χ4v) is 1.36. The van der Waals surface area contributed by atoms with Crippen molar-refractivity contribution >= 4 is 24.0 Å². The van der Waals surface area contributed by atoms with Gasteiger partial charge in [-0.3, -0.25) is 9.59 Å². The SMILES string of the molecule is C=Cc1cc(C=O)c(NC(C)=O)cc1C. The molecule has 0 aliphatic heterocycles. The summed E-state index contributed by atoms with van der Waals surface area (Å²) in [5.74, 6) is -0.191. The van der Waals surface area contributed by atoms with Crippen molar-refractivity contribution in [3.8, 4) is 0 Å². The Bertz CT molecular complexity index is 422. The van der Waals surface area contributed by atoms with Gasteiger partial charge in [-0.05, 0) is 30.2 Å². The van der Waals surface area contributed by atoms with E-state index < -0.39 is 0 Å². The highest BCUT2D eigenvalue weighted by molar-refractivity contribution is 5.96. The van der Waals surface area contributed by atoms with Crippen molar-refractivity contribution < 1.29 is 9.59 Å². The smallest absolute Gasteiger partial charge is 0.221 e. The van der Waals surface area contributed by atoms with E-state index in [4.69, 9.17) is 0 Å². The first kappa shape index (κ1) is 11.2. The minimum absolute atomic E-state index is 0.191. The predicted molar refractivity (Wildman–Crippen MR) is 61.0 cm³/mol. The minimum atomic E-state index is -0.191. The highest BCUT2D eigenvalue weighted by atomic mass is 16.1. The predicted octanol–water partition coefficient (Wildman–Crippen LogP) is 2.41. The summed E-state index contributed by atoms with van der Waals surface area (Å²) in [6, 6.07) is 3.47. The standard InChI is InChI=1S/C12H13NO2/c1-4-10-6-11(7-14)12(5-8(10)2)13-9(3)15/h4-7H,1H2,2-3H3,(H,13,15). The Labute approximate surface area is 88.8 Å². The van der Waals surface area contributed by atoms with Gasteiger partial charge in [-0.15, -0.1) is 0 Å². The van der Waals surface area contributed by atoms with Crippen molar-refractivity contribution in [1.29, 1.82) is 0 Å². The molecule has 15 heavy (non-hydrogen) atoms. The van der Waals surface area contributed by atoms with Crippen LogP contribution in [0.25, 0.3) is 6.08 Å². The maximum atomic E-state index is 10.9. The van der Waals surface area contributed by atoms with E-state index in [1.54, 1.807) is 18.2 Å². The number of anilines is 1. The second-order valence-electron chi connectivity index (χ2n) is 3.30. The molecule has 1 N–H and O–H groups in total. The van der Waals surface area contributed by atoms with Crippen LogP contribution < -0.4 is 5.32 Å². The van der Waals surface area contributed by atoms with Gasteiger partial charge in [-0.1, -0.05) is 12.7 Å². The fraction of sp³-hybridized carbons (Fsp3) is 0.167. The molecule has 3 nitrogen and oxygen atoms in total. The van der Waals surface area contributed by atoms with E-state index >= 15 is 0 Å². The van der Waals surface area contributed by atoms with Crippen LogP contribution in [0, 0.1) is 6.92 Å². The monoisotopic (exact) mass is 203 g/mol. The largest absolute Gasteiger partial charge is 0.326 e. The van der Waals surface area contributed by atoms with Crippen molar-refractivity contribution in [3.63, 3.8) is 0 Å². The van der Waals surface area contributed by atoms with Crippen LogP contribution in [0.2, 0.25) is 0 Å². The fourth-order valence-electron chi connectivity index (χ4n) is 1.36. The maximum Gasteiger partial charge on any atom is 0.221 e. The van der Waals surface area contributed by atoms with E-state index in [2.05, 4.69) is 11.9 Å². The molecule has 0 spiro atoms. The highest BCUT2D eigenvalue weighted by Gasteiger charge is 2.06. The average molecular weight is 203 g/mol. The van der Waals surface area contributed by atoms with E-state index in [1.165, 1.54) is 6.92 Å². The molecule has 3 heteroatoms. The Morgan fingerprint density at radius 2 is 2.07 bits per heavy atom. The molecule has 0 aliphatic carbocycles. The quantitative estimate of drug-likeness (QED) is 0.767. The van der Waals surface area contributed by atoms with Gasteiger partial charge < -0.3 is 5.32 Å². The first-order valence-electron chi connectivity index (χ1n) is 4.58. The van der Waals surface area contributed by atoms with Gasteiger partial charge in [0.15, 0.2) is 6.29 Å². The molecule has 0 saturated heterocycles. The molecule has 0 fully saturated rings. The summed E-state index contributed by atoms with van der Waals surface area (Å²) >= 11 is 0. The molecule has 0 unspecified atom stereocenters. The van der Waals surface area contributed by atoms with Crippen LogP contribution in [0.1, 0.15) is 28.4 Å². The second-order valence-corrected chi connectivity index (χ2v) is 3.30. The third-order valence-corrected chi connectivity index (χ3v) is 2.10. The molecule has 0 radical (unpaired) electrons. The van der Waals surface area contributed by atoms with E-state index in [0.29, 0.717) is 11.3 Å². The van der Waals surface area contributed by atoms with Crippen molar-refractivity contribution in [1.82, 2.24) is 0 Å². The number of aldehydes is 1. The summed E-state index contributed by atoms with van der Waals surface area (Å²) in [4.78, 5) is 21.7. The Morgan fingerprint density at radius 3 is 2.53 bits per heavy atom. The van der Waals surface area contributed by atoms with Crippen LogP contribution in [-0.4, -0.2) is 12.2 Å². The van der Waals surface area contributed by atoms with Gasteiger partial charge >= 0.3 is 0 Å². The molecule has 1 amide bonds. The summed E-state index contributed by atoms with van der Waals surface area (Å²) in [5.41, 5.74) is 2.87. The van der Waals surface area contributed by atoms with Gasteiger partial charge in [-0.25, -0.2) is 0 Å². The zero-order valence-electron chi connectivity index (χ0n) is 8.83. The van der Waals surface area contributed by atoms with Crippen molar-refractivity contribution in [3.05, 3.63) is 35.4 Å². The van der Waals surface area contributed by atoms with E-state index in [0.717, 1.165) is 17.4 Å². The van der Waals surface area contributed by atoms with Crippen molar-refractivity contribution in [2.75, 3.05) is 5.32 Å². The lowest BCUT2D eigenvalue weighted by atomic mass is 10.0. The summed E-state index contributed by atoms with van der Waals surface area (Å²) in [7, 11) is 0. The number of carbonyl (C=O) groups is 2. The third-order valence-electron chi connectivity index (χ3n) is 2.10. The molecule has 0 atom stereocenters. The van der Waals surface area contributed by atoms with Gasteiger partial charge in [0.25, 0.3) is 0 Å². The van der Waals surface area contributed by atoms with Crippen LogP contribution in [0.3, 0.4) is 0 Å². The Balaban J connectivity index is 3.26. The van der Waals surface area contributed by atoms with Crippen LogP contribution in [0.15, 0.2) is 18.7 Å². The first-order chi connectivity index (χ1) is 7.08. The van der Waals surface area contributed by atoms with Crippen molar-refractivity contribution in [2.24, 2.45) is 0 Å². The van der Waals surface area contributed by atoms with Crippen molar-refractivity contribution in [2.45, 2.75) is 13.8 Å². The van der Waals surface area contributed by atoms with E-state index in [-0.39, 0.29) is 5.91 Å². The molecule has 0 aliphatic rings. The number of rotatable bonds is 3. The second kappa shape index (κ2) is 4.55. The minimum Gasteiger partial charge on any atom is -0.326 e. The Kier molecular flexibility index (Phi) is 3.39.